The largest absolute Gasteiger partial charge is 0.492 e. The van der Waals surface area contributed by atoms with Gasteiger partial charge in [0, 0.05) is 41.8 Å². The summed E-state index contributed by atoms with van der Waals surface area (Å²) in [6.07, 6.45) is 3.41. The van der Waals surface area contributed by atoms with Crippen LogP contribution < -0.4 is 20.3 Å². The highest BCUT2D eigenvalue weighted by Gasteiger charge is 2.23. The van der Waals surface area contributed by atoms with Gasteiger partial charge >= 0.3 is 0 Å². The van der Waals surface area contributed by atoms with Gasteiger partial charge in [0.2, 0.25) is 11.9 Å². The maximum absolute atomic E-state index is 6.35. The van der Waals surface area contributed by atoms with Crippen LogP contribution in [0.2, 0.25) is 5.02 Å². The predicted octanol–water partition coefficient (Wildman–Crippen LogP) is 5.99. The van der Waals surface area contributed by atoms with E-state index in [0.29, 0.717) is 35.7 Å². The molecule has 0 amide bonds. The summed E-state index contributed by atoms with van der Waals surface area (Å²) in [6.45, 7) is 2.25. The van der Waals surface area contributed by atoms with Gasteiger partial charge in [-0.2, -0.15) is 19.6 Å². The second-order valence-electron chi connectivity index (χ2n) is 8.20. The highest BCUT2D eigenvalue weighted by molar-refractivity contribution is 9.11. The standard InChI is InChI=1S/C24H24Br2ClN7O/c1-33(16-6-3-2-4-7-16)24-32-23(31-22-19(27)14-30-34(22)24)29-10-5-9-28-20-8-11-35-21-17(20)12-15(25)13-18(21)26/h2-4,6-7,12-14,20,28H,5,8-11H2,1H3,(H,29,31)/t20-/m1/s1. The summed E-state index contributed by atoms with van der Waals surface area (Å²) in [7, 11) is 1.95. The molecule has 0 bridgehead atoms. The van der Waals surface area contributed by atoms with Crippen molar-refractivity contribution in [3.63, 3.8) is 0 Å². The van der Waals surface area contributed by atoms with Crippen LogP contribution in [-0.2, 0) is 0 Å². The molecule has 1 aliphatic heterocycles. The maximum atomic E-state index is 6.35. The number of aromatic nitrogens is 4. The van der Waals surface area contributed by atoms with Crippen LogP contribution in [0, 0.1) is 0 Å². The third kappa shape index (κ3) is 5.25. The number of para-hydroxylation sites is 1. The molecular formula is C24H24Br2ClN7O. The first kappa shape index (κ1) is 24.3. The number of fused-ring (bicyclic) bond motifs is 2. The van der Waals surface area contributed by atoms with E-state index in [2.05, 4.69) is 58.6 Å². The highest BCUT2D eigenvalue weighted by Crippen LogP contribution is 2.40. The van der Waals surface area contributed by atoms with E-state index in [1.807, 2.05) is 48.3 Å². The number of anilines is 3. The van der Waals surface area contributed by atoms with Gasteiger partial charge in [0.25, 0.3) is 0 Å². The molecule has 11 heteroatoms. The van der Waals surface area contributed by atoms with E-state index in [4.69, 9.17) is 21.3 Å². The molecule has 2 aromatic heterocycles. The Morgan fingerprint density at radius 1 is 1.17 bits per heavy atom. The molecular weight excluding hydrogens is 598 g/mol. The van der Waals surface area contributed by atoms with E-state index in [9.17, 15) is 0 Å². The molecule has 2 N–H and O–H groups in total. The third-order valence-corrected chi connectivity index (χ3v) is 7.16. The number of rotatable bonds is 8. The lowest BCUT2D eigenvalue weighted by atomic mass is 10.0. The number of nitrogens with zero attached hydrogens (tertiary/aromatic N) is 5. The van der Waals surface area contributed by atoms with Crippen molar-refractivity contribution in [2.45, 2.75) is 18.9 Å². The Kier molecular flexibility index (Phi) is 7.43. The number of hydrogen-bond donors (Lipinski definition) is 2. The van der Waals surface area contributed by atoms with Crippen molar-refractivity contribution in [1.29, 1.82) is 0 Å². The van der Waals surface area contributed by atoms with E-state index in [1.54, 1.807) is 10.7 Å². The first-order valence-corrected chi connectivity index (χ1v) is 13.3. The molecule has 4 aromatic rings. The van der Waals surface area contributed by atoms with Gasteiger partial charge in [0.05, 0.1) is 17.3 Å². The average molecular weight is 622 g/mol. The van der Waals surface area contributed by atoms with E-state index in [1.165, 1.54) is 5.56 Å². The average Bonchev–Trinajstić information content (AvgIpc) is 3.24. The molecule has 0 radical (unpaired) electrons. The molecule has 3 heterocycles. The normalized spacial score (nSPS) is 15.0. The fourth-order valence-electron chi connectivity index (χ4n) is 4.10. The SMILES string of the molecule is CN(c1ccccc1)c1nc(NCCCN[C@@H]2CCOc3c(Br)cc(Br)cc32)nc2c(Cl)cnn12. The van der Waals surface area contributed by atoms with E-state index in [0.717, 1.165) is 39.8 Å². The van der Waals surface area contributed by atoms with Crippen LogP contribution in [0.3, 0.4) is 0 Å². The summed E-state index contributed by atoms with van der Waals surface area (Å²) in [5, 5.41) is 11.8. The summed E-state index contributed by atoms with van der Waals surface area (Å²) in [6, 6.07) is 14.4. The monoisotopic (exact) mass is 619 g/mol. The molecule has 0 saturated carbocycles. The van der Waals surface area contributed by atoms with Crippen molar-refractivity contribution in [2.24, 2.45) is 0 Å². The zero-order valence-electron chi connectivity index (χ0n) is 19.0. The number of halogens is 3. The fraction of sp³-hybridized carbons (Fsp3) is 0.292. The lowest BCUT2D eigenvalue weighted by Crippen LogP contribution is -2.29. The Morgan fingerprint density at radius 2 is 2.00 bits per heavy atom. The Morgan fingerprint density at radius 3 is 2.83 bits per heavy atom. The van der Waals surface area contributed by atoms with Gasteiger partial charge in [-0.05, 0) is 53.2 Å². The first-order chi connectivity index (χ1) is 17.0. The smallest absolute Gasteiger partial charge is 0.236 e. The van der Waals surface area contributed by atoms with Crippen molar-refractivity contribution in [3.8, 4) is 5.75 Å². The van der Waals surface area contributed by atoms with Crippen molar-refractivity contribution in [3.05, 3.63) is 68.2 Å². The van der Waals surface area contributed by atoms with Crippen LogP contribution in [0.1, 0.15) is 24.4 Å². The molecule has 8 nitrogen and oxygen atoms in total. The Hall–Kier alpha value is -2.40. The highest BCUT2D eigenvalue weighted by atomic mass is 79.9. The lowest BCUT2D eigenvalue weighted by molar-refractivity contribution is 0.251. The van der Waals surface area contributed by atoms with Gasteiger partial charge in [-0.15, -0.1) is 0 Å². The Balaban J connectivity index is 1.24. The van der Waals surface area contributed by atoms with Crippen molar-refractivity contribution >= 4 is 66.7 Å². The topological polar surface area (TPSA) is 79.6 Å². The molecule has 0 aliphatic carbocycles. The van der Waals surface area contributed by atoms with Gasteiger partial charge in [0.1, 0.15) is 10.8 Å². The molecule has 0 saturated heterocycles. The van der Waals surface area contributed by atoms with Crippen molar-refractivity contribution in [2.75, 3.05) is 37.0 Å². The number of nitrogens with one attached hydrogen (secondary N) is 2. The van der Waals surface area contributed by atoms with Crippen LogP contribution in [-0.4, -0.2) is 46.3 Å². The number of ether oxygens (including phenoxy) is 1. The summed E-state index contributed by atoms with van der Waals surface area (Å²) in [5.74, 6) is 2.06. The van der Waals surface area contributed by atoms with Gasteiger partial charge < -0.3 is 20.3 Å². The Labute approximate surface area is 225 Å². The molecule has 5 rings (SSSR count). The zero-order valence-corrected chi connectivity index (χ0v) is 22.9. The molecule has 1 aliphatic rings. The summed E-state index contributed by atoms with van der Waals surface area (Å²) >= 11 is 13.5. The minimum Gasteiger partial charge on any atom is -0.492 e. The molecule has 182 valence electrons. The van der Waals surface area contributed by atoms with Gasteiger partial charge in [-0.1, -0.05) is 45.7 Å². The van der Waals surface area contributed by atoms with Crippen LogP contribution >= 0.6 is 43.5 Å². The summed E-state index contributed by atoms with van der Waals surface area (Å²) < 4.78 is 9.52. The molecule has 1 atom stereocenters. The molecule has 0 spiro atoms. The second-order valence-corrected chi connectivity index (χ2v) is 10.4. The van der Waals surface area contributed by atoms with Crippen molar-refractivity contribution in [1.82, 2.24) is 24.9 Å². The summed E-state index contributed by atoms with van der Waals surface area (Å²) in [4.78, 5) is 11.3. The van der Waals surface area contributed by atoms with Crippen LogP contribution in [0.4, 0.5) is 17.6 Å². The quantitative estimate of drug-likeness (QED) is 0.234. The fourth-order valence-corrected chi connectivity index (χ4v) is 5.64. The summed E-state index contributed by atoms with van der Waals surface area (Å²) in [5.41, 5.74) is 2.72. The van der Waals surface area contributed by atoms with E-state index < -0.39 is 0 Å². The minimum atomic E-state index is 0.247. The van der Waals surface area contributed by atoms with Crippen molar-refractivity contribution < 1.29 is 4.74 Å². The maximum Gasteiger partial charge on any atom is 0.236 e. The van der Waals surface area contributed by atoms with Gasteiger partial charge in [0.15, 0.2) is 5.65 Å². The first-order valence-electron chi connectivity index (χ1n) is 11.3. The molecule has 0 unspecified atom stereocenters. The Bertz CT molecular complexity index is 1330. The second kappa shape index (κ2) is 10.7. The van der Waals surface area contributed by atoms with E-state index >= 15 is 0 Å². The van der Waals surface area contributed by atoms with Gasteiger partial charge in [-0.3, -0.25) is 0 Å². The van der Waals surface area contributed by atoms with E-state index in [-0.39, 0.29) is 6.04 Å². The number of benzene rings is 2. The molecule has 2 aromatic carbocycles. The number of hydrogen-bond acceptors (Lipinski definition) is 7. The zero-order chi connectivity index (χ0) is 24.4. The predicted molar refractivity (Wildman–Crippen MR) is 146 cm³/mol. The van der Waals surface area contributed by atoms with Crippen LogP contribution in [0.15, 0.2) is 57.6 Å². The lowest BCUT2D eigenvalue weighted by Gasteiger charge is -2.28. The minimum absolute atomic E-state index is 0.247. The molecule has 0 fully saturated rings. The molecule has 35 heavy (non-hydrogen) atoms. The third-order valence-electron chi connectivity index (χ3n) is 5.84. The van der Waals surface area contributed by atoms with Crippen LogP contribution in [0.5, 0.6) is 5.75 Å². The van der Waals surface area contributed by atoms with Gasteiger partial charge in [-0.25, -0.2) is 0 Å². The van der Waals surface area contributed by atoms with Crippen LogP contribution in [0.25, 0.3) is 5.65 Å².